The summed E-state index contributed by atoms with van der Waals surface area (Å²) in [6.07, 6.45) is 0. The van der Waals surface area contributed by atoms with Crippen molar-refractivity contribution in [3.8, 4) is 0 Å². The van der Waals surface area contributed by atoms with Gasteiger partial charge in [-0.05, 0) is 56.1 Å². The molecule has 1 nitrogen and oxygen atoms in total. The van der Waals surface area contributed by atoms with Crippen molar-refractivity contribution in [2.75, 3.05) is 7.05 Å². The fourth-order valence-corrected chi connectivity index (χ4v) is 2.83. The Kier molecular flexibility index (Phi) is 4.43. The highest BCUT2D eigenvalue weighted by molar-refractivity contribution is 9.10. The summed E-state index contributed by atoms with van der Waals surface area (Å²) in [5.74, 6) is 0. The molecular formula is C17H20BrN. The summed E-state index contributed by atoms with van der Waals surface area (Å²) in [5, 5.41) is 3.43. The van der Waals surface area contributed by atoms with Crippen LogP contribution in [0.25, 0.3) is 0 Å². The highest BCUT2D eigenvalue weighted by Gasteiger charge is 2.15. The van der Waals surface area contributed by atoms with E-state index in [9.17, 15) is 0 Å². The molecule has 0 spiro atoms. The molecule has 0 bridgehead atoms. The monoisotopic (exact) mass is 317 g/mol. The average Bonchev–Trinajstić information content (AvgIpc) is 2.38. The second kappa shape index (κ2) is 5.89. The molecule has 2 rings (SSSR count). The number of hydrogen-bond acceptors (Lipinski definition) is 1. The highest BCUT2D eigenvalue weighted by atomic mass is 79.9. The Balaban J connectivity index is 2.47. The zero-order chi connectivity index (χ0) is 14.0. The summed E-state index contributed by atoms with van der Waals surface area (Å²) in [5.41, 5.74) is 6.51. The maximum absolute atomic E-state index is 3.60. The fourth-order valence-electron chi connectivity index (χ4n) is 2.37. The van der Waals surface area contributed by atoms with Crippen molar-refractivity contribution in [1.82, 2.24) is 5.32 Å². The molecule has 0 aliphatic heterocycles. The molecular weight excluding hydrogens is 298 g/mol. The molecule has 19 heavy (non-hydrogen) atoms. The number of rotatable bonds is 3. The number of benzene rings is 2. The molecule has 0 radical (unpaired) electrons. The van der Waals surface area contributed by atoms with Gasteiger partial charge in [0.15, 0.2) is 0 Å². The van der Waals surface area contributed by atoms with Crippen molar-refractivity contribution < 1.29 is 0 Å². The molecule has 2 heteroatoms. The van der Waals surface area contributed by atoms with Gasteiger partial charge in [-0.2, -0.15) is 0 Å². The first-order valence-corrected chi connectivity index (χ1v) is 7.32. The van der Waals surface area contributed by atoms with Crippen molar-refractivity contribution in [3.63, 3.8) is 0 Å². The molecule has 0 heterocycles. The van der Waals surface area contributed by atoms with Crippen LogP contribution in [-0.2, 0) is 0 Å². The van der Waals surface area contributed by atoms with E-state index in [1.165, 1.54) is 32.3 Å². The predicted molar refractivity (Wildman–Crippen MR) is 85.7 cm³/mol. The van der Waals surface area contributed by atoms with Crippen LogP contribution in [0.5, 0.6) is 0 Å². The molecule has 2 aromatic carbocycles. The molecule has 0 amide bonds. The molecule has 1 N–H and O–H groups in total. The number of hydrogen-bond donors (Lipinski definition) is 1. The number of nitrogens with one attached hydrogen (secondary N) is 1. The quantitative estimate of drug-likeness (QED) is 0.866. The topological polar surface area (TPSA) is 12.0 Å². The highest BCUT2D eigenvalue weighted by Crippen LogP contribution is 2.29. The summed E-state index contributed by atoms with van der Waals surface area (Å²) < 4.78 is 1.17. The summed E-state index contributed by atoms with van der Waals surface area (Å²) >= 11 is 3.60. The zero-order valence-corrected chi connectivity index (χ0v) is 13.5. The Labute approximate surface area is 124 Å². The molecule has 1 unspecified atom stereocenters. The lowest BCUT2D eigenvalue weighted by Crippen LogP contribution is -2.18. The van der Waals surface area contributed by atoms with E-state index in [1.54, 1.807) is 0 Å². The van der Waals surface area contributed by atoms with Gasteiger partial charge in [0.1, 0.15) is 0 Å². The standard InChI is InChI=1S/C17H20BrN/c1-11-5-7-14(8-6-11)17(19-4)15-9-13(3)16(18)10-12(15)2/h5-10,17,19H,1-4H3. The Morgan fingerprint density at radius 2 is 1.58 bits per heavy atom. The lowest BCUT2D eigenvalue weighted by Gasteiger charge is -2.21. The number of halogens is 1. The summed E-state index contributed by atoms with van der Waals surface area (Å²) in [4.78, 5) is 0. The lowest BCUT2D eigenvalue weighted by molar-refractivity contribution is 0.686. The van der Waals surface area contributed by atoms with E-state index in [0.717, 1.165) is 0 Å². The van der Waals surface area contributed by atoms with Gasteiger partial charge in [0.05, 0.1) is 6.04 Å². The third-order valence-electron chi connectivity index (χ3n) is 3.56. The Morgan fingerprint density at radius 3 is 2.16 bits per heavy atom. The van der Waals surface area contributed by atoms with Crippen LogP contribution >= 0.6 is 15.9 Å². The van der Waals surface area contributed by atoms with Crippen molar-refractivity contribution in [2.45, 2.75) is 26.8 Å². The first kappa shape index (κ1) is 14.3. The minimum Gasteiger partial charge on any atom is -0.309 e. The molecule has 0 saturated heterocycles. The van der Waals surface area contributed by atoms with E-state index < -0.39 is 0 Å². The maximum Gasteiger partial charge on any atom is 0.0577 e. The van der Waals surface area contributed by atoms with Crippen LogP contribution in [0.15, 0.2) is 40.9 Å². The van der Waals surface area contributed by atoms with Gasteiger partial charge in [-0.25, -0.2) is 0 Å². The van der Waals surface area contributed by atoms with Gasteiger partial charge in [0.25, 0.3) is 0 Å². The molecule has 0 aromatic heterocycles. The first-order valence-electron chi connectivity index (χ1n) is 6.53. The Bertz CT molecular complexity index is 573. The summed E-state index contributed by atoms with van der Waals surface area (Å²) in [6.45, 7) is 6.42. The second-order valence-electron chi connectivity index (χ2n) is 5.09. The van der Waals surface area contributed by atoms with Crippen LogP contribution in [0.4, 0.5) is 0 Å². The van der Waals surface area contributed by atoms with E-state index in [4.69, 9.17) is 0 Å². The molecule has 0 fully saturated rings. The predicted octanol–water partition coefficient (Wildman–Crippen LogP) is 4.68. The molecule has 100 valence electrons. The van der Waals surface area contributed by atoms with E-state index in [0.29, 0.717) is 0 Å². The van der Waals surface area contributed by atoms with Crippen molar-refractivity contribution >= 4 is 15.9 Å². The van der Waals surface area contributed by atoms with E-state index in [1.807, 2.05) is 7.05 Å². The first-order chi connectivity index (χ1) is 9.02. The van der Waals surface area contributed by atoms with Gasteiger partial charge in [-0.15, -0.1) is 0 Å². The smallest absolute Gasteiger partial charge is 0.0577 e. The Hall–Kier alpha value is -1.12. The number of aryl methyl sites for hydroxylation is 3. The van der Waals surface area contributed by atoms with Crippen molar-refractivity contribution in [3.05, 3.63) is 68.7 Å². The van der Waals surface area contributed by atoms with Crippen LogP contribution in [-0.4, -0.2) is 7.05 Å². The minimum atomic E-state index is 0.243. The van der Waals surface area contributed by atoms with Crippen LogP contribution in [0.3, 0.4) is 0 Å². The zero-order valence-electron chi connectivity index (χ0n) is 11.9. The molecule has 0 aliphatic carbocycles. The SMILES string of the molecule is CNC(c1ccc(C)cc1)c1cc(C)c(Br)cc1C. The molecule has 2 aromatic rings. The summed E-state index contributed by atoms with van der Waals surface area (Å²) in [7, 11) is 2.02. The third-order valence-corrected chi connectivity index (χ3v) is 4.41. The fraction of sp³-hybridized carbons (Fsp3) is 0.294. The van der Waals surface area contributed by atoms with Gasteiger partial charge < -0.3 is 5.32 Å². The minimum absolute atomic E-state index is 0.243. The van der Waals surface area contributed by atoms with Gasteiger partial charge >= 0.3 is 0 Å². The van der Waals surface area contributed by atoms with Gasteiger partial charge in [0.2, 0.25) is 0 Å². The molecule has 0 saturated carbocycles. The second-order valence-corrected chi connectivity index (χ2v) is 5.94. The van der Waals surface area contributed by atoms with E-state index >= 15 is 0 Å². The average molecular weight is 318 g/mol. The van der Waals surface area contributed by atoms with Gasteiger partial charge in [-0.3, -0.25) is 0 Å². The lowest BCUT2D eigenvalue weighted by atomic mass is 9.93. The maximum atomic E-state index is 3.60. The van der Waals surface area contributed by atoms with Gasteiger partial charge in [0, 0.05) is 4.47 Å². The molecule has 1 atom stereocenters. The third kappa shape index (κ3) is 3.07. The van der Waals surface area contributed by atoms with E-state index in [2.05, 4.69) is 78.4 Å². The van der Waals surface area contributed by atoms with Crippen LogP contribution < -0.4 is 5.32 Å². The van der Waals surface area contributed by atoms with Crippen LogP contribution in [0.1, 0.15) is 33.9 Å². The molecule has 0 aliphatic rings. The summed E-state index contributed by atoms with van der Waals surface area (Å²) in [6, 6.07) is 13.4. The van der Waals surface area contributed by atoms with Crippen molar-refractivity contribution in [1.29, 1.82) is 0 Å². The largest absolute Gasteiger partial charge is 0.309 e. The van der Waals surface area contributed by atoms with Crippen LogP contribution in [0.2, 0.25) is 0 Å². The van der Waals surface area contributed by atoms with Gasteiger partial charge in [-0.1, -0.05) is 51.8 Å². The van der Waals surface area contributed by atoms with Crippen molar-refractivity contribution in [2.24, 2.45) is 0 Å². The van der Waals surface area contributed by atoms with Crippen LogP contribution in [0, 0.1) is 20.8 Å². The normalized spacial score (nSPS) is 12.5. The van der Waals surface area contributed by atoms with E-state index in [-0.39, 0.29) is 6.04 Å². The Morgan fingerprint density at radius 1 is 0.947 bits per heavy atom.